The molecule has 0 heterocycles. The van der Waals surface area contributed by atoms with E-state index in [-0.39, 0.29) is 22.2 Å². The zero-order chi connectivity index (χ0) is 22.4. The lowest BCUT2D eigenvalue weighted by molar-refractivity contribution is -0.384. The molecule has 2 N–H and O–H groups in total. The molecule has 0 aliphatic carbocycles. The third-order valence-corrected chi connectivity index (χ3v) is 6.65. The van der Waals surface area contributed by atoms with Gasteiger partial charge in [-0.15, -0.1) is 11.8 Å². The van der Waals surface area contributed by atoms with E-state index in [9.17, 15) is 23.3 Å². The number of hydrogen-bond donors (Lipinski definition) is 2. The average molecular weight is 458 g/mol. The highest BCUT2D eigenvalue weighted by Crippen LogP contribution is 2.24. The predicted molar refractivity (Wildman–Crippen MR) is 121 cm³/mol. The van der Waals surface area contributed by atoms with E-state index in [2.05, 4.69) is 10.0 Å². The van der Waals surface area contributed by atoms with Gasteiger partial charge < -0.3 is 5.32 Å². The predicted octanol–water partition coefficient (Wildman–Crippen LogP) is 4.43. The van der Waals surface area contributed by atoms with Gasteiger partial charge in [0.05, 0.1) is 21.3 Å². The maximum atomic E-state index is 12.4. The molecule has 0 saturated heterocycles. The van der Waals surface area contributed by atoms with Crippen LogP contribution in [0.5, 0.6) is 0 Å². The normalized spacial score (nSPS) is 11.0. The van der Waals surface area contributed by atoms with Crippen molar-refractivity contribution in [2.75, 3.05) is 15.8 Å². The highest BCUT2D eigenvalue weighted by Gasteiger charge is 2.14. The summed E-state index contributed by atoms with van der Waals surface area (Å²) in [6.07, 6.45) is 0. The van der Waals surface area contributed by atoms with E-state index < -0.39 is 14.9 Å². The standard InChI is InChI=1S/C21H19N3O5S2/c1-15-7-10-17(24(26)27)13-20(15)22-21(25)14-30-18-11-8-16(9-12-18)23-31(28,29)19-5-3-2-4-6-19/h2-13,23H,14H2,1H3,(H,22,25). The Labute approximate surface area is 183 Å². The number of rotatable bonds is 8. The van der Waals surface area contributed by atoms with Gasteiger partial charge in [-0.25, -0.2) is 8.42 Å². The number of sulfonamides is 1. The minimum absolute atomic E-state index is 0.0945. The summed E-state index contributed by atoms with van der Waals surface area (Å²) < 4.78 is 27.2. The number of aryl methyl sites for hydroxylation is 1. The molecule has 0 aromatic heterocycles. The lowest BCUT2D eigenvalue weighted by Crippen LogP contribution is -2.15. The minimum atomic E-state index is -3.67. The van der Waals surface area contributed by atoms with Crippen LogP contribution in [0.4, 0.5) is 17.1 Å². The number of hydrogen-bond acceptors (Lipinski definition) is 6. The first-order chi connectivity index (χ1) is 14.7. The van der Waals surface area contributed by atoms with E-state index in [1.165, 1.54) is 36.0 Å². The van der Waals surface area contributed by atoms with E-state index in [0.717, 1.165) is 10.5 Å². The molecular weight excluding hydrogens is 438 g/mol. The number of nitro groups is 1. The molecule has 8 nitrogen and oxygen atoms in total. The van der Waals surface area contributed by atoms with Crippen molar-refractivity contribution in [3.8, 4) is 0 Å². The van der Waals surface area contributed by atoms with E-state index in [1.807, 2.05) is 0 Å². The molecule has 3 aromatic rings. The first-order valence-corrected chi connectivity index (χ1v) is 11.6. The molecule has 0 saturated carbocycles. The number of non-ortho nitro benzene ring substituents is 1. The highest BCUT2D eigenvalue weighted by atomic mass is 32.2. The first-order valence-electron chi connectivity index (χ1n) is 9.10. The van der Waals surface area contributed by atoms with Crippen LogP contribution in [0.3, 0.4) is 0 Å². The van der Waals surface area contributed by atoms with Crippen LogP contribution in [-0.2, 0) is 14.8 Å². The maximum Gasteiger partial charge on any atom is 0.271 e. The molecule has 0 bridgehead atoms. The molecule has 1 amide bonds. The zero-order valence-electron chi connectivity index (χ0n) is 16.4. The number of amides is 1. The Kier molecular flexibility index (Phi) is 6.93. The summed E-state index contributed by atoms with van der Waals surface area (Å²) in [5.41, 5.74) is 1.43. The Balaban J connectivity index is 1.58. The molecule has 3 aromatic carbocycles. The maximum absolute atomic E-state index is 12.4. The lowest BCUT2D eigenvalue weighted by Gasteiger charge is -2.10. The fourth-order valence-corrected chi connectivity index (χ4v) is 4.40. The van der Waals surface area contributed by atoms with Crippen LogP contribution < -0.4 is 10.0 Å². The Hall–Kier alpha value is -3.37. The van der Waals surface area contributed by atoms with E-state index in [1.54, 1.807) is 55.5 Å². The van der Waals surface area contributed by atoms with Crippen molar-refractivity contribution in [1.29, 1.82) is 0 Å². The molecule has 160 valence electrons. The SMILES string of the molecule is Cc1ccc([N+](=O)[O-])cc1NC(=O)CSc1ccc(NS(=O)(=O)c2ccccc2)cc1. The monoisotopic (exact) mass is 457 g/mol. The van der Waals surface area contributed by atoms with Gasteiger partial charge in [0.2, 0.25) is 5.91 Å². The molecule has 0 atom stereocenters. The molecular formula is C21H19N3O5S2. The van der Waals surface area contributed by atoms with Gasteiger partial charge in [-0.1, -0.05) is 24.3 Å². The quantitative estimate of drug-likeness (QED) is 0.293. The van der Waals surface area contributed by atoms with Crippen LogP contribution in [0.1, 0.15) is 5.56 Å². The zero-order valence-corrected chi connectivity index (χ0v) is 18.1. The summed E-state index contributed by atoms with van der Waals surface area (Å²) in [4.78, 5) is 23.6. The second kappa shape index (κ2) is 9.63. The van der Waals surface area contributed by atoms with Gasteiger partial charge in [-0.3, -0.25) is 19.6 Å². The largest absolute Gasteiger partial charge is 0.325 e. The van der Waals surface area contributed by atoms with Gasteiger partial charge >= 0.3 is 0 Å². The van der Waals surface area contributed by atoms with Crippen LogP contribution in [0, 0.1) is 17.0 Å². The summed E-state index contributed by atoms with van der Waals surface area (Å²) in [6.45, 7) is 1.75. The molecule has 31 heavy (non-hydrogen) atoms. The topological polar surface area (TPSA) is 118 Å². The fourth-order valence-electron chi connectivity index (χ4n) is 2.63. The second-order valence-electron chi connectivity index (χ2n) is 6.54. The lowest BCUT2D eigenvalue weighted by atomic mass is 10.2. The Morgan fingerprint density at radius 3 is 2.35 bits per heavy atom. The summed E-state index contributed by atoms with van der Waals surface area (Å²) in [5.74, 6) is -0.209. The Bertz CT molecular complexity index is 1200. The molecule has 0 fully saturated rings. The van der Waals surface area contributed by atoms with Crippen molar-refractivity contribution in [3.05, 3.63) is 88.5 Å². The number of thioether (sulfide) groups is 1. The fraction of sp³-hybridized carbons (Fsp3) is 0.0952. The Morgan fingerprint density at radius 2 is 1.71 bits per heavy atom. The van der Waals surface area contributed by atoms with Crippen molar-refractivity contribution in [1.82, 2.24) is 0 Å². The summed E-state index contributed by atoms with van der Waals surface area (Å²) in [5, 5.41) is 13.6. The van der Waals surface area contributed by atoms with Crippen LogP contribution >= 0.6 is 11.8 Å². The third kappa shape index (κ3) is 6.06. The molecule has 0 aliphatic heterocycles. The average Bonchev–Trinajstić information content (AvgIpc) is 2.75. The van der Waals surface area contributed by atoms with E-state index >= 15 is 0 Å². The van der Waals surface area contributed by atoms with E-state index in [0.29, 0.717) is 11.4 Å². The van der Waals surface area contributed by atoms with Crippen molar-refractivity contribution in [2.45, 2.75) is 16.7 Å². The van der Waals surface area contributed by atoms with Gasteiger partial charge in [-0.05, 0) is 48.9 Å². The third-order valence-electron chi connectivity index (χ3n) is 4.24. The number of carbonyl (C=O) groups excluding carboxylic acids is 1. The number of nitrogens with one attached hydrogen (secondary N) is 2. The van der Waals surface area contributed by atoms with E-state index in [4.69, 9.17) is 0 Å². The van der Waals surface area contributed by atoms with Crippen molar-refractivity contribution < 1.29 is 18.1 Å². The number of benzene rings is 3. The number of anilines is 2. The van der Waals surface area contributed by atoms with Gasteiger partial charge in [0.25, 0.3) is 15.7 Å². The van der Waals surface area contributed by atoms with Gasteiger partial charge in [-0.2, -0.15) is 0 Å². The molecule has 0 unspecified atom stereocenters. The number of nitro benzene ring substituents is 1. The molecule has 3 rings (SSSR count). The van der Waals surface area contributed by atoms with Crippen LogP contribution in [0.25, 0.3) is 0 Å². The molecule has 0 radical (unpaired) electrons. The summed E-state index contributed by atoms with van der Waals surface area (Å²) in [6, 6.07) is 19.0. The van der Waals surface area contributed by atoms with Gasteiger partial charge in [0.1, 0.15) is 0 Å². The van der Waals surface area contributed by atoms with Gasteiger partial charge in [0, 0.05) is 22.7 Å². The molecule has 10 heteroatoms. The summed E-state index contributed by atoms with van der Waals surface area (Å²) >= 11 is 1.26. The smallest absolute Gasteiger partial charge is 0.271 e. The second-order valence-corrected chi connectivity index (χ2v) is 9.27. The van der Waals surface area contributed by atoms with Crippen molar-refractivity contribution >= 4 is 44.8 Å². The van der Waals surface area contributed by atoms with Crippen molar-refractivity contribution in [3.63, 3.8) is 0 Å². The van der Waals surface area contributed by atoms with Gasteiger partial charge in [0.15, 0.2) is 0 Å². The first kappa shape index (κ1) is 22.3. The molecule has 0 spiro atoms. The number of nitrogens with zero attached hydrogens (tertiary/aromatic N) is 1. The van der Waals surface area contributed by atoms with Crippen LogP contribution in [0.2, 0.25) is 0 Å². The van der Waals surface area contributed by atoms with Crippen LogP contribution in [-0.4, -0.2) is 25.0 Å². The van der Waals surface area contributed by atoms with Crippen LogP contribution in [0.15, 0.2) is 82.6 Å². The highest BCUT2D eigenvalue weighted by molar-refractivity contribution is 8.00. The number of carbonyl (C=O) groups is 1. The summed E-state index contributed by atoms with van der Waals surface area (Å²) in [7, 11) is -3.67. The molecule has 0 aliphatic rings. The Morgan fingerprint density at radius 1 is 1.03 bits per heavy atom. The van der Waals surface area contributed by atoms with Crippen molar-refractivity contribution in [2.24, 2.45) is 0 Å². The minimum Gasteiger partial charge on any atom is -0.325 e.